The maximum absolute atomic E-state index is 6.35. The summed E-state index contributed by atoms with van der Waals surface area (Å²) >= 11 is 1.80. The van der Waals surface area contributed by atoms with Gasteiger partial charge in [0.2, 0.25) is 0 Å². The van der Waals surface area contributed by atoms with Crippen LogP contribution in [0.5, 0.6) is 0 Å². The van der Waals surface area contributed by atoms with Gasteiger partial charge in [-0.15, -0.1) is 65.4 Å². The Morgan fingerprint density at radius 2 is 1.60 bits per heavy atom. The second-order valence-electron chi connectivity index (χ2n) is 11.6. The molecule has 0 N–H and O–H groups in total. The van der Waals surface area contributed by atoms with E-state index in [1.807, 2.05) is 55.7 Å². The monoisotopic (exact) mass is 745 g/mol. The van der Waals surface area contributed by atoms with Crippen LogP contribution in [0.2, 0.25) is 0 Å². The largest absolute Gasteiger partial charge is 0.501 e. The molecule has 0 aliphatic heterocycles. The van der Waals surface area contributed by atoms with Crippen molar-refractivity contribution in [2.75, 3.05) is 0 Å². The van der Waals surface area contributed by atoms with Crippen LogP contribution < -0.4 is 0 Å². The molecule has 0 saturated heterocycles. The Morgan fingerprint density at radius 3 is 2.31 bits per heavy atom. The minimum atomic E-state index is 0. The number of rotatable bonds is 2. The third-order valence-electron chi connectivity index (χ3n) is 7.26. The van der Waals surface area contributed by atoms with Crippen molar-refractivity contribution in [3.8, 4) is 22.5 Å². The summed E-state index contributed by atoms with van der Waals surface area (Å²) in [7, 11) is 0. The van der Waals surface area contributed by atoms with E-state index in [4.69, 9.17) is 9.40 Å². The molecule has 5 heteroatoms. The Kier molecular flexibility index (Phi) is 8.48. The number of hydrogen-bond donors (Lipinski definition) is 0. The fourth-order valence-corrected chi connectivity index (χ4v) is 6.18. The van der Waals surface area contributed by atoms with Gasteiger partial charge in [0.25, 0.3) is 0 Å². The van der Waals surface area contributed by atoms with Gasteiger partial charge < -0.3 is 14.4 Å². The zero-order valence-electron chi connectivity index (χ0n) is 24.6. The van der Waals surface area contributed by atoms with Crippen LogP contribution in [-0.4, -0.2) is 9.97 Å². The van der Waals surface area contributed by atoms with Gasteiger partial charge >= 0.3 is 0 Å². The SMILES string of the molecule is Cc1cc2cc3c(cc2s1)oc1c(-c2cc(C(C)(C)C)c(C)cn2)[c-]ccc13.Cc1ccc(-c2[c-]cccc2)nc1.[Ir]. The Bertz CT molecular complexity index is 2000. The topological polar surface area (TPSA) is 38.9 Å². The number of furan rings is 1. The summed E-state index contributed by atoms with van der Waals surface area (Å²) in [6.07, 6.45) is 3.83. The van der Waals surface area contributed by atoms with Crippen LogP contribution in [0.15, 0.2) is 89.6 Å². The second-order valence-corrected chi connectivity index (χ2v) is 12.9. The molecule has 213 valence electrons. The third kappa shape index (κ3) is 5.96. The number of pyridine rings is 2. The minimum Gasteiger partial charge on any atom is -0.501 e. The van der Waals surface area contributed by atoms with Crippen LogP contribution >= 0.6 is 11.3 Å². The molecule has 0 saturated carbocycles. The molecular formula is C37H32IrN2OS-2. The molecule has 0 unspecified atom stereocenters. The van der Waals surface area contributed by atoms with Gasteiger partial charge in [0.15, 0.2) is 0 Å². The average Bonchev–Trinajstić information content (AvgIpc) is 3.50. The number of hydrogen-bond acceptors (Lipinski definition) is 4. The Balaban J connectivity index is 0.000000212. The van der Waals surface area contributed by atoms with Gasteiger partial charge in [-0.25, -0.2) is 0 Å². The van der Waals surface area contributed by atoms with Crippen molar-refractivity contribution in [1.82, 2.24) is 9.97 Å². The van der Waals surface area contributed by atoms with Crippen molar-refractivity contribution in [3.63, 3.8) is 0 Å². The molecule has 3 aromatic carbocycles. The molecule has 0 atom stereocenters. The van der Waals surface area contributed by atoms with Crippen molar-refractivity contribution >= 4 is 43.4 Å². The zero-order valence-corrected chi connectivity index (χ0v) is 27.8. The van der Waals surface area contributed by atoms with E-state index in [-0.39, 0.29) is 25.5 Å². The molecule has 0 aliphatic rings. The van der Waals surface area contributed by atoms with Crippen LogP contribution in [0.4, 0.5) is 0 Å². The predicted molar refractivity (Wildman–Crippen MR) is 173 cm³/mol. The molecular weight excluding hydrogens is 713 g/mol. The van der Waals surface area contributed by atoms with Crippen molar-refractivity contribution < 1.29 is 24.5 Å². The molecule has 0 amide bonds. The molecule has 4 heterocycles. The van der Waals surface area contributed by atoms with E-state index < -0.39 is 0 Å². The third-order valence-corrected chi connectivity index (χ3v) is 8.27. The molecule has 0 bridgehead atoms. The summed E-state index contributed by atoms with van der Waals surface area (Å²) in [5.41, 5.74) is 9.41. The maximum atomic E-state index is 6.35. The van der Waals surface area contributed by atoms with E-state index in [0.717, 1.165) is 44.5 Å². The van der Waals surface area contributed by atoms with Gasteiger partial charge in [0.1, 0.15) is 5.58 Å². The fourth-order valence-electron chi connectivity index (χ4n) is 5.25. The molecule has 7 aromatic rings. The zero-order chi connectivity index (χ0) is 28.7. The van der Waals surface area contributed by atoms with Gasteiger partial charge in [0, 0.05) is 47.5 Å². The van der Waals surface area contributed by atoms with Crippen LogP contribution in [0.1, 0.15) is 42.3 Å². The van der Waals surface area contributed by atoms with Crippen molar-refractivity contribution in [2.24, 2.45) is 0 Å². The number of thiophene rings is 1. The van der Waals surface area contributed by atoms with Gasteiger partial charge in [-0.2, -0.15) is 0 Å². The first-order valence-corrected chi connectivity index (χ1v) is 14.6. The summed E-state index contributed by atoms with van der Waals surface area (Å²) in [5, 5.41) is 3.54. The first-order chi connectivity index (χ1) is 19.7. The van der Waals surface area contributed by atoms with Gasteiger partial charge in [-0.1, -0.05) is 49.9 Å². The number of fused-ring (bicyclic) bond motifs is 4. The first-order valence-electron chi connectivity index (χ1n) is 13.8. The predicted octanol–water partition coefficient (Wildman–Crippen LogP) is 10.4. The second kappa shape index (κ2) is 11.9. The normalized spacial score (nSPS) is 11.4. The van der Waals surface area contributed by atoms with E-state index in [0.29, 0.717) is 0 Å². The summed E-state index contributed by atoms with van der Waals surface area (Å²) in [4.78, 5) is 10.3. The Morgan fingerprint density at radius 1 is 0.786 bits per heavy atom. The molecule has 7 rings (SSSR count). The molecule has 1 radical (unpaired) electrons. The summed E-state index contributed by atoms with van der Waals surface area (Å²) in [6.45, 7) is 13.0. The van der Waals surface area contributed by atoms with Gasteiger partial charge in [-0.05, 0) is 77.8 Å². The molecule has 0 aliphatic carbocycles. The van der Waals surface area contributed by atoms with Crippen LogP contribution in [-0.2, 0) is 25.5 Å². The molecule has 0 fully saturated rings. The van der Waals surface area contributed by atoms with Crippen LogP contribution in [0.3, 0.4) is 0 Å². The van der Waals surface area contributed by atoms with E-state index in [9.17, 15) is 0 Å². The summed E-state index contributed by atoms with van der Waals surface area (Å²) in [5.74, 6) is 0. The minimum absolute atomic E-state index is 0. The molecule has 0 spiro atoms. The molecule has 3 nitrogen and oxygen atoms in total. The average molecular weight is 745 g/mol. The number of aromatic nitrogens is 2. The number of aryl methyl sites for hydroxylation is 3. The standard InChI is InChI=1S/C25H22NOS.C12H10N.Ir/c1-14-13-26-21(11-20(14)25(3,4)5)18-8-6-7-17-19-10-16-9-15(2)28-23(16)12-22(19)27-24(17)18;1-10-7-8-12(13-9-10)11-5-3-2-4-6-11;/h6-7,9-13H,1-5H3;2-5,7-9H,1H3;/q2*-1;. The van der Waals surface area contributed by atoms with E-state index in [1.165, 1.54) is 31.7 Å². The smallest absolute Gasteiger partial charge is 0.122 e. The first kappa shape index (κ1) is 29.8. The van der Waals surface area contributed by atoms with E-state index in [1.54, 1.807) is 11.3 Å². The Hall–Kier alpha value is -3.63. The van der Waals surface area contributed by atoms with E-state index in [2.05, 4.69) is 88.1 Å². The van der Waals surface area contributed by atoms with Gasteiger partial charge in [-0.3, -0.25) is 0 Å². The van der Waals surface area contributed by atoms with Crippen molar-refractivity contribution in [3.05, 3.63) is 119 Å². The Labute approximate surface area is 265 Å². The number of benzene rings is 3. The summed E-state index contributed by atoms with van der Waals surface area (Å²) < 4.78 is 7.61. The number of nitrogens with zero attached hydrogens (tertiary/aromatic N) is 2. The van der Waals surface area contributed by atoms with E-state index >= 15 is 0 Å². The van der Waals surface area contributed by atoms with Crippen molar-refractivity contribution in [1.29, 1.82) is 0 Å². The molecule has 42 heavy (non-hydrogen) atoms. The van der Waals surface area contributed by atoms with Crippen LogP contribution in [0.25, 0.3) is 54.5 Å². The van der Waals surface area contributed by atoms with Gasteiger partial charge in [0.05, 0.1) is 5.58 Å². The fraction of sp³-hybridized carbons (Fsp3) is 0.189. The van der Waals surface area contributed by atoms with Crippen LogP contribution in [0, 0.1) is 32.9 Å². The molecule has 4 aromatic heterocycles. The quantitative estimate of drug-likeness (QED) is 0.166. The van der Waals surface area contributed by atoms with Crippen molar-refractivity contribution in [2.45, 2.75) is 47.0 Å². The summed E-state index contributed by atoms with van der Waals surface area (Å²) in [6, 6.07) is 31.4. The maximum Gasteiger partial charge on any atom is 0.122 e.